The van der Waals surface area contributed by atoms with Crippen LogP contribution in [0.2, 0.25) is 10.0 Å². The second kappa shape index (κ2) is 8.34. The largest absolute Gasteiger partial charge is 0.364 e. The first-order valence-corrected chi connectivity index (χ1v) is 9.00. The SMILES string of the molecule is CN(C(=O)c1nc[nH]c1C(N)=O)c1ccc(NC(=O)c2cc(Cl)cc(Cl)c2)cc1. The molecule has 0 radical (unpaired) electrons. The number of aromatic nitrogens is 2. The summed E-state index contributed by atoms with van der Waals surface area (Å²) in [5, 5.41) is 3.43. The summed E-state index contributed by atoms with van der Waals surface area (Å²) in [7, 11) is 1.53. The van der Waals surface area contributed by atoms with Crippen molar-refractivity contribution < 1.29 is 14.4 Å². The molecule has 3 aromatic rings. The third-order valence-corrected chi connectivity index (χ3v) is 4.47. The van der Waals surface area contributed by atoms with Crippen molar-refractivity contribution in [3.8, 4) is 0 Å². The van der Waals surface area contributed by atoms with E-state index in [1.807, 2.05) is 0 Å². The van der Waals surface area contributed by atoms with Gasteiger partial charge in [-0.15, -0.1) is 0 Å². The molecule has 3 amide bonds. The van der Waals surface area contributed by atoms with Gasteiger partial charge in [-0.25, -0.2) is 4.98 Å². The van der Waals surface area contributed by atoms with Gasteiger partial charge < -0.3 is 20.9 Å². The van der Waals surface area contributed by atoms with Gasteiger partial charge in [0.05, 0.1) is 6.33 Å². The molecule has 1 aromatic heterocycles. The number of aromatic amines is 1. The highest BCUT2D eigenvalue weighted by Gasteiger charge is 2.22. The lowest BCUT2D eigenvalue weighted by atomic mass is 10.2. The molecule has 0 fully saturated rings. The van der Waals surface area contributed by atoms with Crippen molar-refractivity contribution in [1.29, 1.82) is 0 Å². The summed E-state index contributed by atoms with van der Waals surface area (Å²) in [6, 6.07) is 11.1. The number of amides is 3. The third-order valence-electron chi connectivity index (χ3n) is 4.03. The molecule has 0 atom stereocenters. The van der Waals surface area contributed by atoms with Crippen LogP contribution in [0.5, 0.6) is 0 Å². The van der Waals surface area contributed by atoms with E-state index in [0.29, 0.717) is 27.0 Å². The summed E-state index contributed by atoms with van der Waals surface area (Å²) in [4.78, 5) is 44.0. The van der Waals surface area contributed by atoms with E-state index in [1.165, 1.54) is 36.5 Å². The summed E-state index contributed by atoms with van der Waals surface area (Å²) in [6.45, 7) is 0. The second-order valence-electron chi connectivity index (χ2n) is 6.01. The molecule has 0 unspecified atom stereocenters. The van der Waals surface area contributed by atoms with Crippen LogP contribution >= 0.6 is 23.2 Å². The number of rotatable bonds is 5. The number of nitrogens with one attached hydrogen (secondary N) is 2. The van der Waals surface area contributed by atoms with Crippen molar-refractivity contribution in [3.63, 3.8) is 0 Å². The van der Waals surface area contributed by atoms with E-state index in [4.69, 9.17) is 28.9 Å². The molecule has 0 aliphatic heterocycles. The van der Waals surface area contributed by atoms with Gasteiger partial charge in [0, 0.05) is 34.0 Å². The number of imidazole rings is 1. The number of halogens is 2. The Kier molecular flexibility index (Phi) is 5.86. The molecule has 148 valence electrons. The highest BCUT2D eigenvalue weighted by Crippen LogP contribution is 2.22. The Labute approximate surface area is 175 Å². The van der Waals surface area contributed by atoms with Crippen LogP contribution in [0.4, 0.5) is 11.4 Å². The molecule has 0 saturated heterocycles. The zero-order valence-corrected chi connectivity index (χ0v) is 16.6. The minimum absolute atomic E-state index is 0.0640. The van der Waals surface area contributed by atoms with E-state index in [0.717, 1.165) is 0 Å². The maximum atomic E-state index is 12.6. The molecular weight excluding hydrogens is 417 g/mol. The van der Waals surface area contributed by atoms with Gasteiger partial charge in [-0.05, 0) is 42.5 Å². The number of nitrogens with zero attached hydrogens (tertiary/aromatic N) is 2. The van der Waals surface area contributed by atoms with Gasteiger partial charge in [-0.3, -0.25) is 14.4 Å². The maximum absolute atomic E-state index is 12.6. The van der Waals surface area contributed by atoms with E-state index in [2.05, 4.69) is 15.3 Å². The number of nitrogens with two attached hydrogens (primary N) is 1. The molecule has 0 spiro atoms. The zero-order chi connectivity index (χ0) is 21.1. The molecule has 1 heterocycles. The zero-order valence-electron chi connectivity index (χ0n) is 15.1. The van der Waals surface area contributed by atoms with Crippen LogP contribution in [0.1, 0.15) is 31.3 Å². The van der Waals surface area contributed by atoms with E-state index >= 15 is 0 Å². The van der Waals surface area contributed by atoms with Crippen LogP contribution < -0.4 is 16.0 Å². The smallest absolute Gasteiger partial charge is 0.279 e. The van der Waals surface area contributed by atoms with E-state index in [1.54, 1.807) is 24.3 Å². The Morgan fingerprint density at radius 2 is 1.69 bits per heavy atom. The Morgan fingerprint density at radius 3 is 2.28 bits per heavy atom. The summed E-state index contributed by atoms with van der Waals surface area (Å²) in [5.74, 6) is -1.67. The van der Waals surface area contributed by atoms with Crippen molar-refractivity contribution in [1.82, 2.24) is 9.97 Å². The minimum Gasteiger partial charge on any atom is -0.364 e. The van der Waals surface area contributed by atoms with Gasteiger partial charge in [-0.1, -0.05) is 23.2 Å². The third kappa shape index (κ3) is 4.56. The number of carbonyl (C=O) groups is 3. The molecule has 2 aromatic carbocycles. The molecule has 0 aliphatic rings. The predicted molar refractivity (Wildman–Crippen MR) is 111 cm³/mol. The van der Waals surface area contributed by atoms with Crippen LogP contribution in [0.15, 0.2) is 48.8 Å². The number of primary amides is 1. The molecule has 8 nitrogen and oxygen atoms in total. The average molecular weight is 432 g/mol. The van der Waals surface area contributed by atoms with Crippen LogP contribution in [0.3, 0.4) is 0 Å². The topological polar surface area (TPSA) is 121 Å². The second-order valence-corrected chi connectivity index (χ2v) is 6.89. The summed E-state index contributed by atoms with van der Waals surface area (Å²) in [5.41, 5.74) is 6.44. The molecule has 4 N–H and O–H groups in total. The molecule has 0 aliphatic carbocycles. The Hall–Kier alpha value is -3.36. The molecule has 3 rings (SSSR count). The molecule has 10 heteroatoms. The number of benzene rings is 2. The van der Waals surface area contributed by atoms with Gasteiger partial charge in [0.2, 0.25) is 0 Å². The van der Waals surface area contributed by atoms with Crippen molar-refractivity contribution in [2.45, 2.75) is 0 Å². The molecule has 29 heavy (non-hydrogen) atoms. The van der Waals surface area contributed by atoms with Gasteiger partial charge in [0.15, 0.2) is 5.69 Å². The summed E-state index contributed by atoms with van der Waals surface area (Å²) in [6.07, 6.45) is 1.22. The first kappa shape index (κ1) is 20.4. The average Bonchev–Trinajstić information content (AvgIpc) is 3.17. The van der Waals surface area contributed by atoms with Crippen LogP contribution in [0, 0.1) is 0 Å². The minimum atomic E-state index is -0.779. The lowest BCUT2D eigenvalue weighted by Crippen LogP contribution is -2.29. The molecule has 0 saturated carbocycles. The highest BCUT2D eigenvalue weighted by atomic mass is 35.5. The monoisotopic (exact) mass is 431 g/mol. The van der Waals surface area contributed by atoms with Gasteiger partial charge in [0.25, 0.3) is 17.7 Å². The quantitative estimate of drug-likeness (QED) is 0.573. The van der Waals surface area contributed by atoms with Crippen molar-refractivity contribution in [2.24, 2.45) is 5.73 Å². The number of hydrogen-bond acceptors (Lipinski definition) is 4. The normalized spacial score (nSPS) is 10.4. The Balaban J connectivity index is 1.74. The number of hydrogen-bond donors (Lipinski definition) is 3. The first-order chi connectivity index (χ1) is 13.8. The fraction of sp³-hybridized carbons (Fsp3) is 0.0526. The fourth-order valence-electron chi connectivity index (χ4n) is 2.58. The summed E-state index contributed by atoms with van der Waals surface area (Å²) >= 11 is 11.8. The number of anilines is 2. The Morgan fingerprint density at radius 1 is 1.07 bits per heavy atom. The lowest BCUT2D eigenvalue weighted by molar-refractivity contribution is 0.0958. The van der Waals surface area contributed by atoms with E-state index in [9.17, 15) is 14.4 Å². The lowest BCUT2D eigenvalue weighted by Gasteiger charge is -2.17. The standard InChI is InChI=1S/C19H15Cl2N5O3/c1-26(19(29)16-15(17(22)27)23-9-24-16)14-4-2-13(3-5-14)25-18(28)10-6-11(20)8-12(21)7-10/h2-9H,1H3,(H2,22,27)(H,23,24)(H,25,28). The van der Waals surface area contributed by atoms with Gasteiger partial charge in [-0.2, -0.15) is 0 Å². The van der Waals surface area contributed by atoms with E-state index < -0.39 is 11.8 Å². The van der Waals surface area contributed by atoms with Gasteiger partial charge in [0.1, 0.15) is 5.69 Å². The van der Waals surface area contributed by atoms with Crippen LogP contribution in [-0.4, -0.2) is 34.7 Å². The fourth-order valence-corrected chi connectivity index (χ4v) is 3.10. The number of H-pyrrole nitrogens is 1. The Bertz CT molecular complexity index is 1080. The molecule has 0 bridgehead atoms. The van der Waals surface area contributed by atoms with Crippen LogP contribution in [-0.2, 0) is 0 Å². The first-order valence-electron chi connectivity index (χ1n) is 8.25. The molecular formula is C19H15Cl2N5O3. The highest BCUT2D eigenvalue weighted by molar-refractivity contribution is 6.35. The van der Waals surface area contributed by atoms with Crippen molar-refractivity contribution >= 4 is 52.3 Å². The predicted octanol–water partition coefficient (Wildman–Crippen LogP) is 3.34. The number of carbonyl (C=O) groups excluding carboxylic acids is 3. The van der Waals surface area contributed by atoms with Crippen molar-refractivity contribution in [2.75, 3.05) is 17.3 Å². The van der Waals surface area contributed by atoms with Gasteiger partial charge >= 0.3 is 0 Å². The van der Waals surface area contributed by atoms with E-state index in [-0.39, 0.29) is 17.3 Å². The summed E-state index contributed by atoms with van der Waals surface area (Å²) < 4.78 is 0. The van der Waals surface area contributed by atoms with Crippen LogP contribution in [0.25, 0.3) is 0 Å². The maximum Gasteiger partial charge on any atom is 0.279 e. The van der Waals surface area contributed by atoms with Crippen molar-refractivity contribution in [3.05, 3.63) is 75.8 Å².